The van der Waals surface area contributed by atoms with E-state index in [2.05, 4.69) is 54.2 Å². The second-order valence-electron chi connectivity index (χ2n) is 6.75. The summed E-state index contributed by atoms with van der Waals surface area (Å²) in [6, 6.07) is 6.47. The van der Waals surface area contributed by atoms with E-state index in [4.69, 9.17) is 0 Å². The van der Waals surface area contributed by atoms with Gasteiger partial charge in [-0.25, -0.2) is 9.78 Å². The zero-order valence-corrected chi connectivity index (χ0v) is 16.7. The van der Waals surface area contributed by atoms with Crippen LogP contribution in [-0.2, 0) is 12.8 Å². The van der Waals surface area contributed by atoms with Crippen molar-refractivity contribution in [3.63, 3.8) is 0 Å². The number of carbonyl (C=O) groups is 1. The molecule has 1 aliphatic heterocycles. The molecule has 26 heavy (non-hydrogen) atoms. The van der Waals surface area contributed by atoms with Gasteiger partial charge in [-0.3, -0.25) is 0 Å². The van der Waals surface area contributed by atoms with Crippen LogP contribution in [0.3, 0.4) is 0 Å². The molecule has 1 N–H and O–H groups in total. The molecule has 140 valence electrons. The molecule has 1 fully saturated rings. The van der Waals surface area contributed by atoms with Gasteiger partial charge in [-0.15, -0.1) is 11.3 Å². The van der Waals surface area contributed by atoms with Crippen LogP contribution in [0.2, 0.25) is 0 Å². The number of urea groups is 1. The predicted molar refractivity (Wildman–Crippen MR) is 108 cm³/mol. The monoisotopic (exact) mass is 372 g/mol. The van der Waals surface area contributed by atoms with Crippen LogP contribution in [0, 0.1) is 13.8 Å². The molecule has 2 amide bonds. The summed E-state index contributed by atoms with van der Waals surface area (Å²) in [5, 5.41) is 4.14. The van der Waals surface area contributed by atoms with Gasteiger partial charge in [0.05, 0.1) is 5.01 Å². The topological polar surface area (TPSA) is 48.5 Å². The van der Waals surface area contributed by atoms with E-state index in [9.17, 15) is 4.79 Å². The maximum absolute atomic E-state index is 12.4. The third-order valence-corrected chi connectivity index (χ3v) is 6.25. The van der Waals surface area contributed by atoms with Gasteiger partial charge in [-0.1, -0.05) is 19.1 Å². The van der Waals surface area contributed by atoms with Gasteiger partial charge < -0.3 is 15.1 Å². The Labute approximate surface area is 160 Å². The van der Waals surface area contributed by atoms with Crippen molar-refractivity contribution in [3.8, 4) is 0 Å². The predicted octanol–water partition coefficient (Wildman–Crippen LogP) is 3.40. The van der Waals surface area contributed by atoms with E-state index < -0.39 is 0 Å². The molecule has 0 bridgehead atoms. The second kappa shape index (κ2) is 8.54. The van der Waals surface area contributed by atoms with Crippen molar-refractivity contribution < 1.29 is 4.79 Å². The number of hydrogen-bond acceptors (Lipinski definition) is 4. The molecule has 0 unspecified atom stereocenters. The van der Waals surface area contributed by atoms with Gasteiger partial charge in [0.1, 0.15) is 0 Å². The Morgan fingerprint density at radius 1 is 1.23 bits per heavy atom. The molecule has 1 aromatic heterocycles. The van der Waals surface area contributed by atoms with Gasteiger partial charge in [0.25, 0.3) is 0 Å². The SMILES string of the molecule is CCc1cnc(CCNC(=O)N2CCN(c3cccc(C)c3C)CC2)s1. The van der Waals surface area contributed by atoms with Crippen LogP contribution in [0.5, 0.6) is 0 Å². The molecule has 0 spiro atoms. The van der Waals surface area contributed by atoms with E-state index in [-0.39, 0.29) is 6.03 Å². The van der Waals surface area contributed by atoms with Gasteiger partial charge in [0.2, 0.25) is 0 Å². The first-order valence-electron chi connectivity index (χ1n) is 9.36. The Morgan fingerprint density at radius 3 is 2.69 bits per heavy atom. The lowest BCUT2D eigenvalue weighted by atomic mass is 10.1. The average Bonchev–Trinajstić information content (AvgIpc) is 3.12. The number of aryl methyl sites for hydroxylation is 2. The van der Waals surface area contributed by atoms with Crippen LogP contribution in [0.4, 0.5) is 10.5 Å². The highest BCUT2D eigenvalue weighted by atomic mass is 32.1. The fourth-order valence-corrected chi connectivity index (χ4v) is 4.11. The highest BCUT2D eigenvalue weighted by Gasteiger charge is 2.22. The van der Waals surface area contributed by atoms with Crippen molar-refractivity contribution >= 4 is 23.1 Å². The van der Waals surface area contributed by atoms with Crippen LogP contribution in [0.25, 0.3) is 0 Å². The number of amides is 2. The second-order valence-corrected chi connectivity index (χ2v) is 7.95. The Morgan fingerprint density at radius 2 is 2.00 bits per heavy atom. The summed E-state index contributed by atoms with van der Waals surface area (Å²) in [6.45, 7) is 10.4. The van der Waals surface area contributed by atoms with Crippen molar-refractivity contribution in [2.24, 2.45) is 0 Å². The Hall–Kier alpha value is -2.08. The summed E-state index contributed by atoms with van der Waals surface area (Å²) in [4.78, 5) is 22.4. The fraction of sp³-hybridized carbons (Fsp3) is 0.500. The third kappa shape index (κ3) is 4.36. The van der Waals surface area contributed by atoms with Crippen molar-refractivity contribution in [3.05, 3.63) is 45.4 Å². The molecule has 5 nitrogen and oxygen atoms in total. The van der Waals surface area contributed by atoms with Gasteiger partial charge in [0.15, 0.2) is 0 Å². The molecule has 2 heterocycles. The molecule has 0 atom stereocenters. The zero-order valence-electron chi connectivity index (χ0n) is 15.9. The minimum absolute atomic E-state index is 0.0397. The summed E-state index contributed by atoms with van der Waals surface area (Å²) in [7, 11) is 0. The highest BCUT2D eigenvalue weighted by molar-refractivity contribution is 7.11. The van der Waals surface area contributed by atoms with Crippen LogP contribution in [-0.4, -0.2) is 48.6 Å². The van der Waals surface area contributed by atoms with Gasteiger partial charge in [-0.2, -0.15) is 0 Å². The molecule has 3 rings (SSSR count). The van der Waals surface area contributed by atoms with E-state index in [0.717, 1.165) is 44.0 Å². The number of rotatable bonds is 5. The van der Waals surface area contributed by atoms with Crippen molar-refractivity contribution in [2.75, 3.05) is 37.6 Å². The zero-order chi connectivity index (χ0) is 18.5. The number of aromatic nitrogens is 1. The van der Waals surface area contributed by atoms with Gasteiger partial charge in [0, 0.05) is 55.9 Å². The summed E-state index contributed by atoms with van der Waals surface area (Å²) in [5.74, 6) is 0. The molecule has 0 aliphatic carbocycles. The maximum Gasteiger partial charge on any atom is 0.317 e. The van der Waals surface area contributed by atoms with Gasteiger partial charge >= 0.3 is 6.03 Å². The van der Waals surface area contributed by atoms with E-state index in [1.165, 1.54) is 21.7 Å². The lowest BCUT2D eigenvalue weighted by Gasteiger charge is -2.37. The largest absolute Gasteiger partial charge is 0.368 e. The van der Waals surface area contributed by atoms with E-state index in [1.54, 1.807) is 11.3 Å². The summed E-state index contributed by atoms with van der Waals surface area (Å²) in [6.07, 6.45) is 3.77. The number of thiazole rings is 1. The van der Waals surface area contributed by atoms with Crippen LogP contribution in [0.1, 0.15) is 27.9 Å². The van der Waals surface area contributed by atoms with E-state index >= 15 is 0 Å². The molecule has 1 aromatic carbocycles. The first-order valence-corrected chi connectivity index (χ1v) is 10.2. The van der Waals surface area contributed by atoms with Crippen molar-refractivity contribution in [1.29, 1.82) is 0 Å². The fourth-order valence-electron chi connectivity index (χ4n) is 3.24. The molecular weight excluding hydrogens is 344 g/mol. The van der Waals surface area contributed by atoms with Gasteiger partial charge in [-0.05, 0) is 37.5 Å². The summed E-state index contributed by atoms with van der Waals surface area (Å²) in [5.41, 5.74) is 3.94. The number of anilines is 1. The van der Waals surface area contributed by atoms with Crippen LogP contribution < -0.4 is 10.2 Å². The molecule has 0 radical (unpaired) electrons. The number of nitrogens with zero attached hydrogens (tertiary/aromatic N) is 3. The van der Waals surface area contributed by atoms with Crippen LogP contribution >= 0.6 is 11.3 Å². The lowest BCUT2D eigenvalue weighted by Crippen LogP contribution is -2.52. The normalized spacial score (nSPS) is 14.6. The standard InChI is InChI=1S/C20H28N4OS/c1-4-17-14-22-19(26-17)8-9-21-20(25)24-12-10-23(11-13-24)18-7-5-6-15(2)16(18)3/h5-7,14H,4,8-13H2,1-3H3,(H,21,25). The summed E-state index contributed by atoms with van der Waals surface area (Å²) >= 11 is 1.74. The Kier molecular flexibility index (Phi) is 6.14. The number of carbonyl (C=O) groups excluding carboxylic acids is 1. The highest BCUT2D eigenvalue weighted by Crippen LogP contribution is 2.23. The molecule has 0 saturated carbocycles. The van der Waals surface area contributed by atoms with Crippen LogP contribution in [0.15, 0.2) is 24.4 Å². The minimum Gasteiger partial charge on any atom is -0.368 e. The Balaban J connectivity index is 1.45. The van der Waals surface area contributed by atoms with Crippen molar-refractivity contribution in [1.82, 2.24) is 15.2 Å². The smallest absolute Gasteiger partial charge is 0.317 e. The molecule has 6 heteroatoms. The maximum atomic E-state index is 12.4. The first kappa shape index (κ1) is 18.7. The molecule has 1 aliphatic rings. The summed E-state index contributed by atoms with van der Waals surface area (Å²) < 4.78 is 0. The quantitative estimate of drug-likeness (QED) is 0.875. The van der Waals surface area contributed by atoms with E-state index in [0.29, 0.717) is 6.54 Å². The number of benzene rings is 1. The van der Waals surface area contributed by atoms with Crippen molar-refractivity contribution in [2.45, 2.75) is 33.6 Å². The number of nitrogens with one attached hydrogen (secondary N) is 1. The Bertz CT molecular complexity index is 750. The minimum atomic E-state index is 0.0397. The molecule has 1 saturated heterocycles. The third-order valence-electron chi connectivity index (χ3n) is 5.05. The number of piperazine rings is 1. The lowest BCUT2D eigenvalue weighted by molar-refractivity contribution is 0.194. The molecular formula is C20H28N4OS. The first-order chi connectivity index (χ1) is 12.6. The number of hydrogen-bond donors (Lipinski definition) is 1. The average molecular weight is 373 g/mol. The van der Waals surface area contributed by atoms with E-state index in [1.807, 2.05) is 11.1 Å². The molecule has 2 aromatic rings.